The minimum absolute atomic E-state index is 0.396. The monoisotopic (exact) mass is 247 g/mol. The zero-order chi connectivity index (χ0) is 12.8. The Kier molecular flexibility index (Phi) is 2.75. The second-order valence-electron chi connectivity index (χ2n) is 5.89. The Labute approximate surface area is 108 Å². The van der Waals surface area contributed by atoms with Gasteiger partial charge in [0.25, 0.3) is 0 Å². The molecular weight excluding hydrogens is 226 g/mol. The molecule has 1 atom stereocenters. The largest absolute Gasteiger partial charge is 0.347 e. The molecule has 1 aromatic heterocycles. The minimum Gasteiger partial charge on any atom is -0.347 e. The van der Waals surface area contributed by atoms with Gasteiger partial charge in [-0.05, 0) is 13.1 Å². The van der Waals surface area contributed by atoms with Gasteiger partial charge in [0.05, 0.1) is 5.69 Å². The number of aromatic nitrogens is 2. The molecule has 2 aliphatic rings. The molecule has 0 amide bonds. The van der Waals surface area contributed by atoms with E-state index in [0.29, 0.717) is 11.3 Å². The molecular formula is C13H21N5. The first-order chi connectivity index (χ1) is 8.61. The summed E-state index contributed by atoms with van der Waals surface area (Å²) in [5.74, 6) is 1.34. The van der Waals surface area contributed by atoms with Gasteiger partial charge in [-0.2, -0.15) is 0 Å². The lowest BCUT2D eigenvalue weighted by atomic mass is 9.71. The van der Waals surface area contributed by atoms with Crippen LogP contribution in [0.4, 0.5) is 5.95 Å². The predicted octanol–water partition coefficient (Wildman–Crippen LogP) is 0.161. The number of anilines is 1. The minimum atomic E-state index is 0.396. The van der Waals surface area contributed by atoms with Crippen molar-refractivity contribution in [1.29, 1.82) is 0 Å². The highest BCUT2D eigenvalue weighted by atomic mass is 15.2. The number of likely N-dealkylation sites (N-methyl/N-ethyl adjacent to an activating group) is 1. The number of rotatable bonds is 2. The molecule has 1 N–H and O–H groups in total. The van der Waals surface area contributed by atoms with Crippen LogP contribution in [0, 0.1) is 5.41 Å². The summed E-state index contributed by atoms with van der Waals surface area (Å²) in [4.78, 5) is 13.4. The van der Waals surface area contributed by atoms with E-state index in [1.54, 1.807) is 0 Å². The van der Waals surface area contributed by atoms with E-state index in [1.807, 2.05) is 25.2 Å². The van der Waals surface area contributed by atoms with E-state index in [1.165, 1.54) is 12.2 Å². The topological polar surface area (TPSA) is 44.3 Å². The van der Waals surface area contributed by atoms with Gasteiger partial charge in [-0.1, -0.05) is 0 Å². The number of likely N-dealkylation sites (tertiary alicyclic amines) is 1. The first-order valence-electron chi connectivity index (χ1n) is 6.50. The van der Waals surface area contributed by atoms with E-state index in [0.717, 1.165) is 25.6 Å². The molecule has 2 aliphatic heterocycles. The van der Waals surface area contributed by atoms with E-state index in [4.69, 9.17) is 4.98 Å². The van der Waals surface area contributed by atoms with Crippen LogP contribution in [0.5, 0.6) is 0 Å². The van der Waals surface area contributed by atoms with Crippen molar-refractivity contribution < 1.29 is 0 Å². The molecule has 5 nitrogen and oxygen atoms in total. The lowest BCUT2D eigenvalue weighted by Gasteiger charge is -2.43. The Morgan fingerprint density at radius 1 is 1.44 bits per heavy atom. The van der Waals surface area contributed by atoms with Crippen molar-refractivity contribution >= 4 is 5.95 Å². The Balaban J connectivity index is 1.92. The van der Waals surface area contributed by atoms with Crippen molar-refractivity contribution in [3.63, 3.8) is 0 Å². The number of hydrogen-bond acceptors (Lipinski definition) is 5. The van der Waals surface area contributed by atoms with Crippen LogP contribution in [0.15, 0.2) is 12.3 Å². The van der Waals surface area contributed by atoms with Crippen molar-refractivity contribution in [3.8, 4) is 0 Å². The molecule has 1 aromatic rings. The maximum atomic E-state index is 4.73. The van der Waals surface area contributed by atoms with Crippen LogP contribution < -0.4 is 10.2 Å². The van der Waals surface area contributed by atoms with Gasteiger partial charge in [-0.15, -0.1) is 0 Å². The van der Waals surface area contributed by atoms with Gasteiger partial charge in [-0.3, -0.25) is 0 Å². The molecule has 0 bridgehead atoms. The summed E-state index contributed by atoms with van der Waals surface area (Å²) in [5.41, 5.74) is 1.59. The lowest BCUT2D eigenvalue weighted by Crippen LogP contribution is -2.57. The molecule has 0 saturated carbocycles. The van der Waals surface area contributed by atoms with Crippen LogP contribution in [-0.2, 0) is 0 Å². The van der Waals surface area contributed by atoms with Crippen LogP contribution in [0.1, 0.15) is 11.6 Å². The highest BCUT2D eigenvalue weighted by molar-refractivity contribution is 5.30. The molecule has 5 heteroatoms. The van der Waals surface area contributed by atoms with Crippen LogP contribution >= 0.6 is 0 Å². The Hall–Kier alpha value is -1.20. The standard InChI is InChI=1S/C13H21N5/c1-17(2)12-15-5-4-11(16-12)10-6-18(3)9-13(10)7-14-8-13/h4-5,10,14H,6-9H2,1-3H3. The highest BCUT2D eigenvalue weighted by Gasteiger charge is 2.50. The maximum Gasteiger partial charge on any atom is 0.224 e. The van der Waals surface area contributed by atoms with Crippen LogP contribution in [0.2, 0.25) is 0 Å². The molecule has 1 unspecified atom stereocenters. The number of nitrogens with zero attached hydrogens (tertiary/aromatic N) is 4. The molecule has 2 fully saturated rings. The van der Waals surface area contributed by atoms with E-state index in [2.05, 4.69) is 28.3 Å². The predicted molar refractivity (Wildman–Crippen MR) is 71.9 cm³/mol. The van der Waals surface area contributed by atoms with Crippen LogP contribution in [-0.4, -0.2) is 62.2 Å². The Morgan fingerprint density at radius 3 is 2.83 bits per heavy atom. The maximum absolute atomic E-state index is 4.73. The smallest absolute Gasteiger partial charge is 0.224 e. The van der Waals surface area contributed by atoms with Gasteiger partial charge in [0.15, 0.2) is 0 Å². The fourth-order valence-corrected chi connectivity index (χ4v) is 3.20. The fraction of sp³-hybridized carbons (Fsp3) is 0.692. The summed E-state index contributed by atoms with van der Waals surface area (Å²) in [7, 11) is 6.18. The van der Waals surface area contributed by atoms with E-state index < -0.39 is 0 Å². The van der Waals surface area contributed by atoms with Crippen molar-refractivity contribution in [3.05, 3.63) is 18.0 Å². The van der Waals surface area contributed by atoms with Gasteiger partial charge in [-0.25, -0.2) is 9.97 Å². The summed E-state index contributed by atoms with van der Waals surface area (Å²) in [6.45, 7) is 4.50. The summed E-state index contributed by atoms with van der Waals surface area (Å²) >= 11 is 0. The van der Waals surface area contributed by atoms with Crippen molar-refractivity contribution in [2.75, 3.05) is 52.2 Å². The van der Waals surface area contributed by atoms with Gasteiger partial charge in [0, 0.05) is 57.8 Å². The molecule has 98 valence electrons. The number of nitrogens with one attached hydrogen (secondary N) is 1. The molecule has 0 radical (unpaired) electrons. The SMILES string of the molecule is CN1CC(c2ccnc(N(C)C)n2)C2(CNC2)C1. The average molecular weight is 247 g/mol. The second kappa shape index (κ2) is 4.17. The summed E-state index contributed by atoms with van der Waals surface area (Å²) in [6.07, 6.45) is 1.88. The number of hydrogen-bond donors (Lipinski definition) is 1. The van der Waals surface area contributed by atoms with Crippen LogP contribution in [0.25, 0.3) is 0 Å². The Bertz CT molecular complexity index is 441. The summed E-state index contributed by atoms with van der Waals surface area (Å²) < 4.78 is 0. The van der Waals surface area contributed by atoms with E-state index in [9.17, 15) is 0 Å². The zero-order valence-electron chi connectivity index (χ0n) is 11.3. The average Bonchev–Trinajstić information content (AvgIpc) is 2.67. The van der Waals surface area contributed by atoms with Gasteiger partial charge in [0.1, 0.15) is 0 Å². The molecule has 0 aliphatic carbocycles. The van der Waals surface area contributed by atoms with Gasteiger partial charge >= 0.3 is 0 Å². The third kappa shape index (κ3) is 1.78. The molecule has 3 rings (SSSR count). The zero-order valence-corrected chi connectivity index (χ0v) is 11.3. The van der Waals surface area contributed by atoms with E-state index in [-0.39, 0.29) is 0 Å². The highest BCUT2D eigenvalue weighted by Crippen LogP contribution is 2.44. The van der Waals surface area contributed by atoms with Gasteiger partial charge < -0.3 is 15.1 Å². The van der Waals surface area contributed by atoms with Crippen LogP contribution in [0.3, 0.4) is 0 Å². The molecule has 18 heavy (non-hydrogen) atoms. The summed E-state index contributed by atoms with van der Waals surface area (Å²) in [6, 6.07) is 2.08. The third-order valence-electron chi connectivity index (χ3n) is 4.19. The van der Waals surface area contributed by atoms with Crippen molar-refractivity contribution in [2.45, 2.75) is 5.92 Å². The van der Waals surface area contributed by atoms with Gasteiger partial charge in [0.2, 0.25) is 5.95 Å². The molecule has 0 aromatic carbocycles. The summed E-state index contributed by atoms with van der Waals surface area (Å²) in [5, 5.41) is 3.42. The van der Waals surface area contributed by atoms with E-state index >= 15 is 0 Å². The first kappa shape index (κ1) is 11.9. The third-order valence-corrected chi connectivity index (χ3v) is 4.19. The van der Waals surface area contributed by atoms with Crippen molar-refractivity contribution in [1.82, 2.24) is 20.2 Å². The van der Waals surface area contributed by atoms with Crippen molar-refractivity contribution in [2.24, 2.45) is 5.41 Å². The lowest BCUT2D eigenvalue weighted by molar-refractivity contribution is 0.156. The normalized spacial score (nSPS) is 26.3. The fourth-order valence-electron chi connectivity index (χ4n) is 3.20. The Morgan fingerprint density at radius 2 is 2.22 bits per heavy atom. The first-order valence-corrected chi connectivity index (χ1v) is 6.50. The molecule has 2 saturated heterocycles. The molecule has 1 spiro atoms. The molecule has 3 heterocycles. The second-order valence-corrected chi connectivity index (χ2v) is 5.89. The quantitative estimate of drug-likeness (QED) is 0.806.